The van der Waals surface area contributed by atoms with Gasteiger partial charge in [-0.05, 0) is 61.9 Å². The van der Waals surface area contributed by atoms with Crippen molar-refractivity contribution in [3.8, 4) is 0 Å². The third kappa shape index (κ3) is 3.67. The number of benzene rings is 2. The number of aryl methyl sites for hydroxylation is 2. The highest BCUT2D eigenvalue weighted by molar-refractivity contribution is 7.25. The van der Waals surface area contributed by atoms with Crippen molar-refractivity contribution in [3.05, 3.63) is 87.3 Å². The smallest absolute Gasteiger partial charge is 0.294 e. The summed E-state index contributed by atoms with van der Waals surface area (Å²) in [5, 5.41) is 10.1. The Morgan fingerprint density at radius 3 is 2.56 bits per heavy atom. The van der Waals surface area contributed by atoms with E-state index >= 15 is 0 Å². The van der Waals surface area contributed by atoms with Crippen molar-refractivity contribution in [2.45, 2.75) is 13.8 Å². The van der Waals surface area contributed by atoms with Gasteiger partial charge in [0.05, 0.1) is 5.69 Å². The second kappa shape index (κ2) is 8.43. The Balaban J connectivity index is 1.55. The van der Waals surface area contributed by atoms with Gasteiger partial charge in [0.15, 0.2) is 0 Å². The lowest BCUT2D eigenvalue weighted by atomic mass is 10.1. The molecule has 1 aliphatic rings. The zero-order valence-corrected chi connectivity index (χ0v) is 20.7. The molecule has 2 N–H and O–H groups in total. The van der Waals surface area contributed by atoms with E-state index in [1.807, 2.05) is 38.1 Å². The SMILES string of the molecule is Cc1cc(C)c2c(n1)sc1c(=O)n3c(nc12)N(c1ccc(Cl)cc1)N=C(C(=O)Nc1ccccc1)N3. The standard InChI is InChI=1S/C25H18ClN7O2S/c1-13-12-14(2)27-23-18(13)19-20(36-23)24(35)33-25(29-19)32(17-10-8-15(26)9-11-17)30-21(31-33)22(34)28-16-6-4-3-5-7-16/h3-12H,1-2H3,(H,28,34)(H,30,31). The van der Waals surface area contributed by atoms with Gasteiger partial charge in [-0.25, -0.2) is 9.97 Å². The van der Waals surface area contributed by atoms with Crippen LogP contribution in [0.25, 0.3) is 20.4 Å². The molecule has 36 heavy (non-hydrogen) atoms. The second-order valence-electron chi connectivity index (χ2n) is 8.26. The number of hydrogen-bond donors (Lipinski definition) is 2. The van der Waals surface area contributed by atoms with Gasteiger partial charge in [-0.15, -0.1) is 16.4 Å². The lowest BCUT2D eigenvalue weighted by molar-refractivity contribution is -0.110. The molecule has 0 radical (unpaired) electrons. The first kappa shape index (κ1) is 22.2. The van der Waals surface area contributed by atoms with Crippen LogP contribution in [0.5, 0.6) is 0 Å². The Bertz CT molecular complexity index is 1760. The van der Waals surface area contributed by atoms with Crippen LogP contribution in [-0.2, 0) is 4.79 Å². The minimum Gasteiger partial charge on any atom is -0.319 e. The number of nitrogens with zero attached hydrogens (tertiary/aromatic N) is 5. The van der Waals surface area contributed by atoms with Gasteiger partial charge in [-0.1, -0.05) is 29.8 Å². The maximum absolute atomic E-state index is 13.7. The van der Waals surface area contributed by atoms with Gasteiger partial charge < -0.3 is 5.32 Å². The van der Waals surface area contributed by atoms with Crippen LogP contribution in [0.3, 0.4) is 0 Å². The summed E-state index contributed by atoms with van der Waals surface area (Å²) in [6.07, 6.45) is 0. The highest BCUT2D eigenvalue weighted by Crippen LogP contribution is 2.35. The first-order valence-corrected chi connectivity index (χ1v) is 12.2. The molecule has 9 nitrogen and oxygen atoms in total. The van der Waals surface area contributed by atoms with Crippen molar-refractivity contribution in [2.75, 3.05) is 15.8 Å². The second-order valence-corrected chi connectivity index (χ2v) is 9.70. The number of thiophene rings is 1. The summed E-state index contributed by atoms with van der Waals surface area (Å²) in [6.45, 7) is 3.89. The number of aromatic nitrogens is 3. The monoisotopic (exact) mass is 515 g/mol. The van der Waals surface area contributed by atoms with Gasteiger partial charge in [-0.2, -0.15) is 9.69 Å². The van der Waals surface area contributed by atoms with Crippen molar-refractivity contribution in [1.82, 2.24) is 14.6 Å². The molecule has 1 aliphatic heterocycles. The number of hydrazone groups is 1. The Morgan fingerprint density at radius 2 is 1.81 bits per heavy atom. The molecule has 11 heteroatoms. The van der Waals surface area contributed by atoms with E-state index in [0.29, 0.717) is 26.6 Å². The highest BCUT2D eigenvalue weighted by atomic mass is 35.5. The maximum atomic E-state index is 13.7. The van der Waals surface area contributed by atoms with Crippen LogP contribution in [0.2, 0.25) is 5.02 Å². The van der Waals surface area contributed by atoms with Gasteiger partial charge in [0.1, 0.15) is 15.0 Å². The fourth-order valence-electron chi connectivity index (χ4n) is 4.10. The highest BCUT2D eigenvalue weighted by Gasteiger charge is 2.29. The number of nitrogens with one attached hydrogen (secondary N) is 2. The Hall–Kier alpha value is -4.28. The van der Waals surface area contributed by atoms with E-state index in [1.54, 1.807) is 36.4 Å². The maximum Gasteiger partial charge on any atom is 0.294 e. The summed E-state index contributed by atoms with van der Waals surface area (Å²) in [6, 6.07) is 17.9. The van der Waals surface area contributed by atoms with E-state index in [4.69, 9.17) is 16.6 Å². The van der Waals surface area contributed by atoms with E-state index in [9.17, 15) is 9.59 Å². The number of para-hydroxylation sites is 1. The molecular weight excluding hydrogens is 498 g/mol. The summed E-state index contributed by atoms with van der Waals surface area (Å²) in [7, 11) is 0. The van der Waals surface area contributed by atoms with Crippen molar-refractivity contribution in [2.24, 2.45) is 5.10 Å². The normalized spacial score (nSPS) is 12.9. The minimum atomic E-state index is -0.512. The average molecular weight is 516 g/mol. The number of rotatable bonds is 3. The zero-order valence-electron chi connectivity index (χ0n) is 19.1. The van der Waals surface area contributed by atoms with Crippen LogP contribution in [0.4, 0.5) is 17.3 Å². The van der Waals surface area contributed by atoms with Crippen LogP contribution in [-0.4, -0.2) is 26.4 Å². The summed E-state index contributed by atoms with van der Waals surface area (Å²) in [5.74, 6) is -0.371. The quantitative estimate of drug-likeness (QED) is 0.353. The Kier molecular flexibility index (Phi) is 5.20. The van der Waals surface area contributed by atoms with Crippen LogP contribution < -0.4 is 21.3 Å². The summed E-state index contributed by atoms with van der Waals surface area (Å²) in [4.78, 5) is 37.0. The molecule has 0 aliphatic carbocycles. The summed E-state index contributed by atoms with van der Waals surface area (Å²) >= 11 is 7.37. The fourth-order valence-corrected chi connectivity index (χ4v) is 5.39. The van der Waals surface area contributed by atoms with Crippen molar-refractivity contribution in [1.29, 1.82) is 0 Å². The number of fused-ring (bicyclic) bond motifs is 4. The van der Waals surface area contributed by atoms with Crippen molar-refractivity contribution in [3.63, 3.8) is 0 Å². The number of anilines is 3. The lowest BCUT2D eigenvalue weighted by Gasteiger charge is -2.27. The largest absolute Gasteiger partial charge is 0.319 e. The van der Waals surface area contributed by atoms with Gasteiger partial charge in [-0.3, -0.25) is 15.0 Å². The van der Waals surface area contributed by atoms with Crippen LogP contribution in [0, 0.1) is 13.8 Å². The molecule has 6 rings (SSSR count). The van der Waals surface area contributed by atoms with Gasteiger partial charge in [0.25, 0.3) is 17.4 Å². The molecule has 0 fully saturated rings. The first-order valence-electron chi connectivity index (χ1n) is 11.0. The Morgan fingerprint density at radius 1 is 1.06 bits per heavy atom. The van der Waals surface area contributed by atoms with E-state index in [2.05, 4.69) is 20.8 Å². The number of halogens is 1. The topological polar surface area (TPSA) is 105 Å². The molecule has 0 bridgehead atoms. The summed E-state index contributed by atoms with van der Waals surface area (Å²) in [5.41, 5.74) is 6.07. The zero-order chi connectivity index (χ0) is 25.0. The number of amidine groups is 1. The molecule has 4 heterocycles. The van der Waals surface area contributed by atoms with Crippen LogP contribution >= 0.6 is 22.9 Å². The average Bonchev–Trinajstić information content (AvgIpc) is 3.23. The molecule has 178 valence electrons. The number of pyridine rings is 1. The predicted molar refractivity (Wildman–Crippen MR) is 144 cm³/mol. The minimum absolute atomic E-state index is 0.0733. The molecule has 0 saturated heterocycles. The van der Waals surface area contributed by atoms with Crippen LogP contribution in [0.1, 0.15) is 11.3 Å². The molecule has 5 aromatic rings. The number of amides is 1. The molecule has 1 amide bonds. The number of carbonyl (C=O) groups excluding carboxylic acids is 1. The molecule has 0 saturated carbocycles. The van der Waals surface area contributed by atoms with E-state index in [-0.39, 0.29) is 17.3 Å². The number of carbonyl (C=O) groups is 1. The van der Waals surface area contributed by atoms with Gasteiger partial charge in [0.2, 0.25) is 5.84 Å². The van der Waals surface area contributed by atoms with Gasteiger partial charge in [0, 0.05) is 21.8 Å². The molecule has 3 aromatic heterocycles. The third-order valence-corrected chi connectivity index (χ3v) is 7.01. The first-order chi connectivity index (χ1) is 17.4. The fraction of sp³-hybridized carbons (Fsp3) is 0.0800. The van der Waals surface area contributed by atoms with E-state index in [0.717, 1.165) is 21.5 Å². The lowest BCUT2D eigenvalue weighted by Crippen LogP contribution is -2.46. The molecule has 0 spiro atoms. The predicted octanol–water partition coefficient (Wildman–Crippen LogP) is 4.92. The van der Waals surface area contributed by atoms with Gasteiger partial charge >= 0.3 is 0 Å². The Labute approximate surface area is 213 Å². The van der Waals surface area contributed by atoms with Crippen LogP contribution in [0.15, 0.2) is 70.6 Å². The summed E-state index contributed by atoms with van der Waals surface area (Å²) < 4.78 is 1.67. The number of hydrogen-bond acceptors (Lipinski definition) is 8. The molecule has 0 unspecified atom stereocenters. The molecular formula is C25H18ClN7O2S. The molecule has 2 aromatic carbocycles. The van der Waals surface area contributed by atoms with E-state index < -0.39 is 5.91 Å². The van der Waals surface area contributed by atoms with Crippen molar-refractivity contribution >= 4 is 72.4 Å². The third-order valence-electron chi connectivity index (χ3n) is 5.70. The van der Waals surface area contributed by atoms with Crippen molar-refractivity contribution < 1.29 is 4.79 Å². The van der Waals surface area contributed by atoms with E-state index in [1.165, 1.54) is 21.0 Å². The molecule has 0 atom stereocenters.